The van der Waals surface area contributed by atoms with Crippen LogP contribution in [0, 0.1) is 27.7 Å². The van der Waals surface area contributed by atoms with E-state index in [0.717, 1.165) is 17.3 Å². The molecule has 0 bridgehead atoms. The van der Waals surface area contributed by atoms with Crippen LogP contribution in [0.4, 0.5) is 17.3 Å². The van der Waals surface area contributed by atoms with Gasteiger partial charge in [-0.1, -0.05) is 17.7 Å². The van der Waals surface area contributed by atoms with Gasteiger partial charge in [0.15, 0.2) is 0 Å². The first-order valence-electron chi connectivity index (χ1n) is 11.2. The molecule has 10 heteroatoms. The van der Waals surface area contributed by atoms with Crippen LogP contribution >= 0.6 is 0 Å². The molecule has 176 valence electrons. The molecule has 1 fully saturated rings. The first kappa shape index (κ1) is 23.2. The van der Waals surface area contributed by atoms with Crippen LogP contribution in [0.3, 0.4) is 0 Å². The molecule has 0 spiro atoms. The van der Waals surface area contributed by atoms with Gasteiger partial charge in [0.25, 0.3) is 0 Å². The van der Waals surface area contributed by atoms with Gasteiger partial charge in [0.1, 0.15) is 22.4 Å². The highest BCUT2D eigenvalue weighted by Crippen LogP contribution is 2.26. The van der Waals surface area contributed by atoms with Gasteiger partial charge in [-0.3, -0.25) is 4.68 Å². The van der Waals surface area contributed by atoms with Gasteiger partial charge < -0.3 is 10.2 Å². The fraction of sp³-hybridized carbons (Fsp3) is 0.435. The standard InChI is InChI=1S/C23H31N7O2S/c1-6-30-18(4)23(17(3)27-30)33(31,32)29-13-11-28(12-14-29)22-15-21(24-19(5)25-22)26-20-9-7-16(2)8-10-20/h7-10,15H,6,11-14H2,1-5H3,(H,24,25,26). The number of nitrogens with one attached hydrogen (secondary N) is 1. The minimum atomic E-state index is -3.60. The topological polar surface area (TPSA) is 96.2 Å². The van der Waals surface area contributed by atoms with Crippen LogP contribution in [0.15, 0.2) is 35.2 Å². The average Bonchev–Trinajstić information content (AvgIpc) is 3.08. The Labute approximate surface area is 195 Å². The summed E-state index contributed by atoms with van der Waals surface area (Å²) in [5.74, 6) is 2.17. The van der Waals surface area contributed by atoms with Crippen LogP contribution in [0.25, 0.3) is 0 Å². The molecule has 1 saturated heterocycles. The Morgan fingerprint density at radius 1 is 0.970 bits per heavy atom. The molecule has 0 saturated carbocycles. The summed E-state index contributed by atoms with van der Waals surface area (Å²) in [5, 5.41) is 7.72. The van der Waals surface area contributed by atoms with E-state index in [4.69, 9.17) is 0 Å². The molecule has 0 amide bonds. The minimum absolute atomic E-state index is 0.334. The summed E-state index contributed by atoms with van der Waals surface area (Å²) < 4.78 is 30.0. The van der Waals surface area contributed by atoms with Crippen molar-refractivity contribution in [2.45, 2.75) is 46.1 Å². The van der Waals surface area contributed by atoms with E-state index in [2.05, 4.69) is 32.2 Å². The Kier molecular flexibility index (Phi) is 6.40. The highest BCUT2D eigenvalue weighted by molar-refractivity contribution is 7.89. The lowest BCUT2D eigenvalue weighted by Crippen LogP contribution is -2.49. The molecule has 0 aliphatic carbocycles. The van der Waals surface area contributed by atoms with Crippen LogP contribution in [-0.2, 0) is 16.6 Å². The summed E-state index contributed by atoms with van der Waals surface area (Å²) in [5.41, 5.74) is 3.39. The first-order valence-corrected chi connectivity index (χ1v) is 12.6. The van der Waals surface area contributed by atoms with Gasteiger partial charge in [-0.15, -0.1) is 0 Å². The van der Waals surface area contributed by atoms with E-state index in [-0.39, 0.29) is 0 Å². The monoisotopic (exact) mass is 469 g/mol. The lowest BCUT2D eigenvalue weighted by Gasteiger charge is -2.34. The number of hydrogen-bond acceptors (Lipinski definition) is 7. The minimum Gasteiger partial charge on any atom is -0.354 e. The molecule has 0 unspecified atom stereocenters. The third-order valence-corrected chi connectivity index (χ3v) is 8.08. The largest absolute Gasteiger partial charge is 0.354 e. The van der Waals surface area contributed by atoms with Crippen LogP contribution in [0.1, 0.15) is 29.7 Å². The molecule has 3 heterocycles. The Hall–Kier alpha value is -2.98. The SMILES string of the molecule is CCn1nc(C)c(S(=O)(=O)N2CCN(c3cc(Nc4ccc(C)cc4)nc(C)n3)CC2)c1C. The maximum absolute atomic E-state index is 13.4. The van der Waals surface area contributed by atoms with Crippen molar-refractivity contribution < 1.29 is 8.42 Å². The second-order valence-corrected chi connectivity index (χ2v) is 10.2. The van der Waals surface area contributed by atoms with E-state index in [1.54, 1.807) is 15.9 Å². The normalized spacial score (nSPS) is 15.1. The summed E-state index contributed by atoms with van der Waals surface area (Å²) in [6, 6.07) is 10.0. The van der Waals surface area contributed by atoms with Crippen molar-refractivity contribution in [3.63, 3.8) is 0 Å². The summed E-state index contributed by atoms with van der Waals surface area (Å²) in [6.07, 6.45) is 0. The second-order valence-electron chi connectivity index (χ2n) is 8.36. The number of aryl methyl sites for hydroxylation is 4. The van der Waals surface area contributed by atoms with Crippen molar-refractivity contribution in [2.75, 3.05) is 36.4 Å². The number of nitrogens with zero attached hydrogens (tertiary/aromatic N) is 6. The van der Waals surface area contributed by atoms with Crippen molar-refractivity contribution >= 4 is 27.3 Å². The molecule has 1 aliphatic rings. The molecule has 0 radical (unpaired) electrons. The summed E-state index contributed by atoms with van der Waals surface area (Å²) in [6.45, 7) is 12.0. The predicted molar refractivity (Wildman–Crippen MR) is 130 cm³/mol. The van der Waals surface area contributed by atoms with Crippen LogP contribution in [-0.4, -0.2) is 58.7 Å². The zero-order chi connectivity index (χ0) is 23.8. The summed E-state index contributed by atoms with van der Waals surface area (Å²) >= 11 is 0. The van der Waals surface area contributed by atoms with E-state index < -0.39 is 10.0 Å². The van der Waals surface area contributed by atoms with Gasteiger partial charge in [0.2, 0.25) is 10.0 Å². The number of aromatic nitrogens is 4. The van der Waals surface area contributed by atoms with Gasteiger partial charge in [-0.2, -0.15) is 9.40 Å². The molecule has 2 aromatic heterocycles. The Bertz CT molecular complexity index is 1240. The van der Waals surface area contributed by atoms with Gasteiger partial charge in [-0.25, -0.2) is 18.4 Å². The molecule has 4 rings (SSSR count). The van der Waals surface area contributed by atoms with E-state index in [9.17, 15) is 8.42 Å². The van der Waals surface area contributed by atoms with Gasteiger partial charge in [-0.05, 0) is 46.8 Å². The summed E-state index contributed by atoms with van der Waals surface area (Å²) in [4.78, 5) is 11.5. The van der Waals surface area contributed by atoms with Crippen LogP contribution in [0.2, 0.25) is 0 Å². The van der Waals surface area contributed by atoms with E-state index in [0.29, 0.717) is 54.8 Å². The van der Waals surface area contributed by atoms with Crippen molar-refractivity contribution in [1.29, 1.82) is 0 Å². The molecule has 3 aromatic rings. The van der Waals surface area contributed by atoms with Crippen LogP contribution < -0.4 is 10.2 Å². The maximum Gasteiger partial charge on any atom is 0.246 e. The Morgan fingerprint density at radius 2 is 1.64 bits per heavy atom. The Balaban J connectivity index is 1.49. The fourth-order valence-corrected chi connectivity index (χ4v) is 6.01. The van der Waals surface area contributed by atoms with Crippen molar-refractivity contribution in [3.05, 3.63) is 53.1 Å². The molecule has 33 heavy (non-hydrogen) atoms. The number of piperazine rings is 1. The zero-order valence-electron chi connectivity index (χ0n) is 19.8. The van der Waals surface area contributed by atoms with Gasteiger partial charge in [0, 0.05) is 44.5 Å². The van der Waals surface area contributed by atoms with E-state index in [1.807, 2.05) is 51.1 Å². The molecular formula is C23H31N7O2S. The van der Waals surface area contributed by atoms with Crippen molar-refractivity contribution in [1.82, 2.24) is 24.1 Å². The predicted octanol–water partition coefficient (Wildman–Crippen LogP) is 3.18. The third kappa shape index (κ3) is 4.72. The molecule has 0 atom stereocenters. The molecular weight excluding hydrogens is 438 g/mol. The number of anilines is 3. The quantitative estimate of drug-likeness (QED) is 0.592. The van der Waals surface area contributed by atoms with Crippen molar-refractivity contribution in [2.24, 2.45) is 0 Å². The second kappa shape index (κ2) is 9.11. The number of rotatable bonds is 6. The van der Waals surface area contributed by atoms with Gasteiger partial charge >= 0.3 is 0 Å². The lowest BCUT2D eigenvalue weighted by atomic mass is 10.2. The Morgan fingerprint density at radius 3 is 2.24 bits per heavy atom. The lowest BCUT2D eigenvalue weighted by molar-refractivity contribution is 0.383. The molecule has 1 aromatic carbocycles. The fourth-order valence-electron chi connectivity index (χ4n) is 4.21. The number of sulfonamides is 1. The molecule has 1 N–H and O–H groups in total. The van der Waals surface area contributed by atoms with Crippen molar-refractivity contribution in [3.8, 4) is 0 Å². The van der Waals surface area contributed by atoms with Crippen LogP contribution in [0.5, 0.6) is 0 Å². The van der Waals surface area contributed by atoms with E-state index in [1.165, 1.54) is 5.56 Å². The zero-order valence-corrected chi connectivity index (χ0v) is 20.6. The molecule has 9 nitrogen and oxygen atoms in total. The summed E-state index contributed by atoms with van der Waals surface area (Å²) in [7, 11) is -3.60. The van der Waals surface area contributed by atoms with E-state index >= 15 is 0 Å². The average molecular weight is 470 g/mol. The maximum atomic E-state index is 13.4. The highest BCUT2D eigenvalue weighted by atomic mass is 32.2. The molecule has 1 aliphatic heterocycles. The highest BCUT2D eigenvalue weighted by Gasteiger charge is 2.33. The third-order valence-electron chi connectivity index (χ3n) is 5.92. The smallest absolute Gasteiger partial charge is 0.246 e. The number of hydrogen-bond donors (Lipinski definition) is 1. The number of benzene rings is 1. The van der Waals surface area contributed by atoms with Gasteiger partial charge in [0.05, 0.1) is 11.4 Å². The first-order chi connectivity index (χ1) is 15.7.